The summed E-state index contributed by atoms with van der Waals surface area (Å²) in [7, 11) is 1.57. The number of aldehydes is 1. The van der Waals surface area contributed by atoms with Crippen LogP contribution in [0.5, 0.6) is 11.5 Å². The number of carbonyl (C=O) groups excluding carboxylic acids is 2. The number of esters is 1. The van der Waals surface area contributed by atoms with Gasteiger partial charge >= 0.3 is 5.97 Å². The van der Waals surface area contributed by atoms with E-state index in [-0.39, 0.29) is 22.5 Å². The van der Waals surface area contributed by atoms with Crippen LogP contribution in [-0.4, -0.2) is 41.3 Å². The maximum Gasteiger partial charge on any atom is 0.342 e. The maximum atomic E-state index is 12.9. The number of fused-ring (bicyclic) bond motifs is 3. The van der Waals surface area contributed by atoms with Crippen LogP contribution < -0.4 is 0 Å². The number of benzene rings is 1. The Balaban J connectivity index is 1.68. The topological polar surface area (TPSA) is 93.1 Å². The molecule has 6 unspecified atom stereocenters. The van der Waals surface area contributed by atoms with Crippen LogP contribution >= 0.6 is 0 Å². The molecule has 0 aliphatic heterocycles. The predicted octanol–water partition coefficient (Wildman–Crippen LogP) is 3.53. The summed E-state index contributed by atoms with van der Waals surface area (Å²) in [6.07, 6.45) is 4.96. The average molecular weight is 400 g/mol. The standard InChI is InChI=1S/C23H28O6/c1-12-5-14-8-15(11-24)23(28-4)19(10-22(23,3)17(14)6-12)29-21(27)20-13(2)7-16(25)9-18(20)26/h7-9,11-12,14,17,19,25-26H,5-6,10H2,1-4H3. The van der Waals surface area contributed by atoms with Gasteiger partial charge in [0.15, 0.2) is 0 Å². The molecule has 0 amide bonds. The highest BCUT2D eigenvalue weighted by molar-refractivity contribution is 5.94. The number of aromatic hydroxyl groups is 2. The Hall–Kier alpha value is -2.34. The van der Waals surface area contributed by atoms with Crippen LogP contribution in [0.2, 0.25) is 0 Å². The molecule has 1 aromatic rings. The van der Waals surface area contributed by atoms with Crippen LogP contribution in [-0.2, 0) is 14.3 Å². The summed E-state index contributed by atoms with van der Waals surface area (Å²) in [5.74, 6) is 0.160. The van der Waals surface area contributed by atoms with Crippen molar-refractivity contribution < 1.29 is 29.3 Å². The van der Waals surface area contributed by atoms with E-state index in [1.807, 2.05) is 6.08 Å². The lowest BCUT2D eigenvalue weighted by atomic mass is 9.44. The SMILES string of the molecule is COC12C(C=O)=CC3CC(C)CC3C1(C)CC2OC(=O)c1c(C)cc(O)cc1O. The fourth-order valence-corrected chi connectivity index (χ4v) is 6.40. The van der Waals surface area contributed by atoms with E-state index >= 15 is 0 Å². The Bertz CT molecular complexity index is 882. The number of phenols is 2. The van der Waals surface area contributed by atoms with E-state index in [0.29, 0.717) is 35.3 Å². The lowest BCUT2D eigenvalue weighted by molar-refractivity contribution is -0.258. The summed E-state index contributed by atoms with van der Waals surface area (Å²) >= 11 is 0. The Morgan fingerprint density at radius 3 is 2.62 bits per heavy atom. The van der Waals surface area contributed by atoms with Crippen LogP contribution in [0.25, 0.3) is 0 Å². The van der Waals surface area contributed by atoms with Gasteiger partial charge in [-0.25, -0.2) is 4.79 Å². The summed E-state index contributed by atoms with van der Waals surface area (Å²) in [6, 6.07) is 2.51. The minimum absolute atomic E-state index is 0.0162. The highest BCUT2D eigenvalue weighted by atomic mass is 16.6. The Morgan fingerprint density at radius 1 is 1.28 bits per heavy atom. The summed E-state index contributed by atoms with van der Waals surface area (Å²) in [5, 5.41) is 19.7. The molecule has 3 aliphatic carbocycles. The fraction of sp³-hybridized carbons (Fsp3) is 0.565. The van der Waals surface area contributed by atoms with Gasteiger partial charge in [0.25, 0.3) is 0 Å². The van der Waals surface area contributed by atoms with E-state index in [9.17, 15) is 19.8 Å². The van der Waals surface area contributed by atoms with Crippen molar-refractivity contribution >= 4 is 12.3 Å². The minimum Gasteiger partial charge on any atom is -0.508 e. The third-order valence-electron chi connectivity index (χ3n) is 7.60. The van der Waals surface area contributed by atoms with Crippen molar-refractivity contribution in [3.8, 4) is 11.5 Å². The summed E-state index contributed by atoms with van der Waals surface area (Å²) in [6.45, 7) is 5.99. The first-order valence-corrected chi connectivity index (χ1v) is 10.1. The molecule has 6 nitrogen and oxygen atoms in total. The number of hydrogen-bond donors (Lipinski definition) is 2. The molecule has 0 aromatic heterocycles. The molecule has 29 heavy (non-hydrogen) atoms. The maximum absolute atomic E-state index is 12.9. The molecule has 6 heteroatoms. The number of allylic oxidation sites excluding steroid dienone is 1. The van der Waals surface area contributed by atoms with Crippen LogP contribution in [0.4, 0.5) is 0 Å². The molecule has 156 valence electrons. The minimum atomic E-state index is -0.976. The van der Waals surface area contributed by atoms with Crippen LogP contribution in [0.15, 0.2) is 23.8 Å². The molecule has 2 fully saturated rings. The van der Waals surface area contributed by atoms with Gasteiger partial charge in [0.1, 0.15) is 35.1 Å². The highest BCUT2D eigenvalue weighted by Gasteiger charge is 2.73. The Morgan fingerprint density at radius 2 is 2.00 bits per heavy atom. The van der Waals surface area contributed by atoms with Gasteiger partial charge in [-0.15, -0.1) is 0 Å². The van der Waals surface area contributed by atoms with Crippen molar-refractivity contribution in [1.29, 1.82) is 0 Å². The van der Waals surface area contributed by atoms with Gasteiger partial charge in [-0.2, -0.15) is 0 Å². The smallest absolute Gasteiger partial charge is 0.342 e. The molecule has 0 heterocycles. The number of phenolic OH excluding ortho intramolecular Hbond substituents is 2. The van der Waals surface area contributed by atoms with Gasteiger partial charge in [0.05, 0.1) is 0 Å². The van der Waals surface area contributed by atoms with Crippen molar-refractivity contribution in [3.05, 3.63) is 34.9 Å². The number of methoxy groups -OCH3 is 1. The zero-order chi connectivity index (χ0) is 21.1. The number of aryl methyl sites for hydroxylation is 1. The van der Waals surface area contributed by atoms with E-state index in [4.69, 9.17) is 9.47 Å². The van der Waals surface area contributed by atoms with Crippen LogP contribution in [0.1, 0.15) is 49.0 Å². The van der Waals surface area contributed by atoms with Crippen LogP contribution in [0, 0.1) is 30.1 Å². The predicted molar refractivity (Wildman–Crippen MR) is 106 cm³/mol. The molecule has 0 radical (unpaired) electrons. The monoisotopic (exact) mass is 400 g/mol. The molecule has 4 rings (SSSR count). The molecule has 0 bridgehead atoms. The molecular weight excluding hydrogens is 372 g/mol. The second kappa shape index (κ2) is 6.59. The normalized spacial score (nSPS) is 37.7. The molecule has 0 spiro atoms. The van der Waals surface area contributed by atoms with Gasteiger partial charge in [-0.3, -0.25) is 4.79 Å². The first kappa shape index (κ1) is 20.0. The molecule has 0 saturated heterocycles. The number of ether oxygens (including phenoxy) is 2. The molecule has 2 saturated carbocycles. The van der Waals surface area contributed by atoms with Crippen molar-refractivity contribution in [3.63, 3.8) is 0 Å². The third-order valence-corrected chi connectivity index (χ3v) is 7.60. The molecule has 3 aliphatic rings. The molecular formula is C23H28O6. The van der Waals surface area contributed by atoms with Crippen molar-refractivity contribution in [2.24, 2.45) is 23.2 Å². The third kappa shape index (κ3) is 2.58. The molecule has 2 N–H and O–H groups in total. The second-order valence-corrected chi connectivity index (χ2v) is 9.20. The average Bonchev–Trinajstić information content (AvgIpc) is 3.00. The zero-order valence-electron chi connectivity index (χ0n) is 17.3. The van der Waals surface area contributed by atoms with Gasteiger partial charge in [-0.1, -0.05) is 19.9 Å². The Labute approximate surface area is 170 Å². The van der Waals surface area contributed by atoms with Gasteiger partial charge < -0.3 is 19.7 Å². The van der Waals surface area contributed by atoms with Gasteiger partial charge in [0, 0.05) is 24.2 Å². The first-order chi connectivity index (χ1) is 13.7. The largest absolute Gasteiger partial charge is 0.508 e. The van der Waals surface area contributed by atoms with E-state index in [1.165, 1.54) is 6.07 Å². The van der Waals surface area contributed by atoms with Crippen molar-refractivity contribution in [2.45, 2.75) is 51.7 Å². The van der Waals surface area contributed by atoms with E-state index < -0.39 is 17.7 Å². The molecule has 1 aromatic carbocycles. The summed E-state index contributed by atoms with van der Waals surface area (Å²) < 4.78 is 11.8. The van der Waals surface area contributed by atoms with Crippen LogP contribution in [0.3, 0.4) is 0 Å². The van der Waals surface area contributed by atoms with Crippen molar-refractivity contribution in [1.82, 2.24) is 0 Å². The second-order valence-electron chi connectivity index (χ2n) is 9.20. The Kier molecular flexibility index (Phi) is 4.53. The van der Waals surface area contributed by atoms with E-state index in [2.05, 4.69) is 13.8 Å². The number of hydrogen-bond acceptors (Lipinski definition) is 6. The zero-order valence-corrected chi connectivity index (χ0v) is 17.3. The highest BCUT2D eigenvalue weighted by Crippen LogP contribution is 2.68. The van der Waals surface area contributed by atoms with Gasteiger partial charge in [-0.05, 0) is 55.6 Å². The lowest BCUT2D eigenvalue weighted by Crippen LogP contribution is -2.73. The van der Waals surface area contributed by atoms with E-state index in [1.54, 1.807) is 14.0 Å². The van der Waals surface area contributed by atoms with Crippen molar-refractivity contribution in [2.75, 3.05) is 7.11 Å². The number of rotatable bonds is 4. The first-order valence-electron chi connectivity index (χ1n) is 10.1. The quantitative estimate of drug-likeness (QED) is 0.593. The fourth-order valence-electron chi connectivity index (χ4n) is 6.40. The van der Waals surface area contributed by atoms with Gasteiger partial charge in [0.2, 0.25) is 0 Å². The summed E-state index contributed by atoms with van der Waals surface area (Å²) in [5.41, 5.74) is -0.286. The lowest BCUT2D eigenvalue weighted by Gasteiger charge is -2.66. The summed E-state index contributed by atoms with van der Waals surface area (Å²) in [4.78, 5) is 24.9. The number of carbonyl (C=O) groups is 2. The van der Waals surface area contributed by atoms with E-state index in [0.717, 1.165) is 25.2 Å². The molecule has 6 atom stereocenters.